The molecular weight excluding hydrogens is 446 g/mol. The second-order valence-electron chi connectivity index (χ2n) is 7.37. The molecule has 2 heterocycles. The fraction of sp³-hybridized carbons (Fsp3) is 0.250. The third-order valence-electron chi connectivity index (χ3n) is 5.16. The summed E-state index contributed by atoms with van der Waals surface area (Å²) in [5.74, 6) is 0.614. The molecule has 1 aromatic heterocycles. The molecule has 4 nitrogen and oxygen atoms in total. The van der Waals surface area contributed by atoms with Gasteiger partial charge in [-0.3, -0.25) is 9.69 Å². The van der Waals surface area contributed by atoms with E-state index in [1.54, 1.807) is 23.1 Å². The van der Waals surface area contributed by atoms with Gasteiger partial charge in [0.05, 0.1) is 5.56 Å². The van der Waals surface area contributed by atoms with Gasteiger partial charge in [0.15, 0.2) is 0 Å². The number of nitriles is 1. The molecule has 7 heteroatoms. The van der Waals surface area contributed by atoms with Gasteiger partial charge >= 0.3 is 0 Å². The monoisotopic (exact) mass is 467 g/mol. The molecular formula is C24H22ClN3OS2. The molecule has 1 aliphatic rings. The van der Waals surface area contributed by atoms with E-state index in [-0.39, 0.29) is 5.91 Å². The van der Waals surface area contributed by atoms with Gasteiger partial charge in [-0.05, 0) is 41.8 Å². The lowest BCUT2D eigenvalue weighted by Crippen LogP contribution is -2.29. The van der Waals surface area contributed by atoms with Crippen LogP contribution in [0.2, 0.25) is 5.02 Å². The Morgan fingerprint density at radius 2 is 1.97 bits per heavy atom. The van der Waals surface area contributed by atoms with Crippen LogP contribution in [-0.2, 0) is 24.3 Å². The molecule has 4 rings (SSSR count). The number of thioether (sulfide) groups is 1. The molecule has 31 heavy (non-hydrogen) atoms. The Bertz CT molecular complexity index is 1090. The lowest BCUT2D eigenvalue weighted by Gasteiger charge is -2.26. The van der Waals surface area contributed by atoms with Gasteiger partial charge in [0.1, 0.15) is 11.1 Å². The number of thiophene rings is 1. The Labute approximate surface area is 195 Å². The van der Waals surface area contributed by atoms with Crippen molar-refractivity contribution in [2.45, 2.75) is 30.8 Å². The molecule has 158 valence electrons. The van der Waals surface area contributed by atoms with Crippen molar-refractivity contribution in [2.24, 2.45) is 0 Å². The van der Waals surface area contributed by atoms with Gasteiger partial charge in [-0.15, -0.1) is 23.1 Å². The van der Waals surface area contributed by atoms with Crippen molar-refractivity contribution in [3.8, 4) is 6.07 Å². The maximum absolute atomic E-state index is 12.5. The molecule has 0 saturated carbocycles. The zero-order valence-electron chi connectivity index (χ0n) is 16.9. The average Bonchev–Trinajstić information content (AvgIpc) is 3.12. The summed E-state index contributed by atoms with van der Waals surface area (Å²) in [6, 6.07) is 20.3. The number of hydrogen-bond donors (Lipinski definition) is 1. The molecule has 0 radical (unpaired) electrons. The van der Waals surface area contributed by atoms with Crippen LogP contribution in [0.5, 0.6) is 0 Å². The second kappa shape index (κ2) is 10.3. The predicted molar refractivity (Wildman–Crippen MR) is 129 cm³/mol. The van der Waals surface area contributed by atoms with Gasteiger partial charge in [0, 0.05) is 46.6 Å². The van der Waals surface area contributed by atoms with Crippen molar-refractivity contribution < 1.29 is 4.79 Å². The topological polar surface area (TPSA) is 56.1 Å². The summed E-state index contributed by atoms with van der Waals surface area (Å²) in [6.07, 6.45) is 1.23. The van der Waals surface area contributed by atoms with E-state index in [0.717, 1.165) is 36.5 Å². The van der Waals surface area contributed by atoms with E-state index in [1.807, 2.05) is 30.3 Å². The Morgan fingerprint density at radius 1 is 1.19 bits per heavy atom. The van der Waals surface area contributed by atoms with Crippen LogP contribution in [0.1, 0.15) is 28.0 Å². The first-order valence-electron chi connectivity index (χ1n) is 10.1. The maximum atomic E-state index is 12.5. The van der Waals surface area contributed by atoms with Gasteiger partial charge in [-0.25, -0.2) is 0 Å². The van der Waals surface area contributed by atoms with Crippen molar-refractivity contribution in [3.63, 3.8) is 0 Å². The normalized spacial score (nSPS) is 13.4. The first-order chi connectivity index (χ1) is 15.1. The van der Waals surface area contributed by atoms with Crippen LogP contribution in [0.3, 0.4) is 0 Å². The molecule has 1 aliphatic heterocycles. The minimum absolute atomic E-state index is 0.0577. The van der Waals surface area contributed by atoms with Gasteiger partial charge in [0.2, 0.25) is 5.91 Å². The molecule has 0 saturated heterocycles. The average molecular weight is 468 g/mol. The Hall–Kier alpha value is -2.30. The zero-order chi connectivity index (χ0) is 21.6. The number of carbonyl (C=O) groups is 1. The van der Waals surface area contributed by atoms with Crippen molar-refractivity contribution >= 4 is 45.6 Å². The fourth-order valence-corrected chi connectivity index (χ4v) is 5.86. The molecule has 2 aromatic carbocycles. The summed E-state index contributed by atoms with van der Waals surface area (Å²) < 4.78 is 0. The molecule has 1 N–H and O–H groups in total. The van der Waals surface area contributed by atoms with Crippen LogP contribution < -0.4 is 5.32 Å². The lowest BCUT2D eigenvalue weighted by molar-refractivity contribution is -0.115. The SMILES string of the molecule is N#Cc1c(NC(=O)CCSc2ccc(Cl)cc2)sc2c1CCN(Cc1ccccc1)C2. The van der Waals surface area contributed by atoms with Crippen molar-refractivity contribution in [1.82, 2.24) is 4.90 Å². The summed E-state index contributed by atoms with van der Waals surface area (Å²) in [6.45, 7) is 2.62. The van der Waals surface area contributed by atoms with E-state index in [1.165, 1.54) is 10.4 Å². The van der Waals surface area contributed by atoms with Crippen molar-refractivity contribution in [2.75, 3.05) is 17.6 Å². The first kappa shape index (κ1) is 21.9. The van der Waals surface area contributed by atoms with E-state index in [4.69, 9.17) is 11.6 Å². The minimum atomic E-state index is -0.0577. The molecule has 0 spiro atoms. The number of halogens is 1. The van der Waals surface area contributed by atoms with Crippen LogP contribution in [0.4, 0.5) is 5.00 Å². The largest absolute Gasteiger partial charge is 0.317 e. The first-order valence-corrected chi connectivity index (χ1v) is 12.3. The highest BCUT2D eigenvalue weighted by molar-refractivity contribution is 7.99. The van der Waals surface area contributed by atoms with Gasteiger partial charge in [-0.1, -0.05) is 41.9 Å². The maximum Gasteiger partial charge on any atom is 0.225 e. The number of hydrogen-bond acceptors (Lipinski definition) is 5. The number of nitrogens with zero attached hydrogens (tertiary/aromatic N) is 2. The molecule has 3 aromatic rings. The summed E-state index contributed by atoms with van der Waals surface area (Å²) in [7, 11) is 0. The fourth-order valence-electron chi connectivity index (χ4n) is 3.62. The number of rotatable bonds is 7. The highest BCUT2D eigenvalue weighted by Gasteiger charge is 2.25. The third-order valence-corrected chi connectivity index (χ3v) is 7.56. The molecule has 0 atom stereocenters. The van der Waals surface area contributed by atoms with Gasteiger partial charge in [-0.2, -0.15) is 5.26 Å². The van der Waals surface area contributed by atoms with Crippen LogP contribution in [0.15, 0.2) is 59.5 Å². The third kappa shape index (κ3) is 5.69. The molecule has 0 unspecified atom stereocenters. The van der Waals surface area contributed by atoms with Crippen LogP contribution in [-0.4, -0.2) is 23.1 Å². The number of carbonyl (C=O) groups excluding carboxylic acids is 1. The number of anilines is 1. The van der Waals surface area contributed by atoms with E-state index < -0.39 is 0 Å². The van der Waals surface area contributed by atoms with Crippen molar-refractivity contribution in [1.29, 1.82) is 5.26 Å². The van der Waals surface area contributed by atoms with Crippen LogP contribution in [0, 0.1) is 11.3 Å². The van der Waals surface area contributed by atoms with E-state index in [0.29, 0.717) is 27.8 Å². The minimum Gasteiger partial charge on any atom is -0.317 e. The van der Waals surface area contributed by atoms with Crippen LogP contribution >= 0.6 is 34.7 Å². The van der Waals surface area contributed by atoms with Crippen LogP contribution in [0.25, 0.3) is 0 Å². The number of fused-ring (bicyclic) bond motifs is 1. The van der Waals surface area contributed by atoms with E-state index in [9.17, 15) is 10.1 Å². The highest BCUT2D eigenvalue weighted by atomic mass is 35.5. The molecule has 0 bridgehead atoms. The van der Waals surface area contributed by atoms with Gasteiger partial charge in [0.25, 0.3) is 0 Å². The quantitative estimate of drug-likeness (QED) is 0.436. The number of nitrogens with one attached hydrogen (secondary N) is 1. The Morgan fingerprint density at radius 3 is 2.71 bits per heavy atom. The second-order valence-corrected chi connectivity index (χ2v) is 10.1. The predicted octanol–water partition coefficient (Wildman–Crippen LogP) is 5.95. The summed E-state index contributed by atoms with van der Waals surface area (Å²) in [5.41, 5.74) is 3.02. The zero-order valence-corrected chi connectivity index (χ0v) is 19.3. The molecule has 0 fully saturated rings. The molecule has 1 amide bonds. The number of amides is 1. The van der Waals surface area contributed by atoms with E-state index in [2.05, 4.69) is 40.6 Å². The van der Waals surface area contributed by atoms with E-state index >= 15 is 0 Å². The standard InChI is InChI=1S/C24H22ClN3OS2/c25-18-6-8-19(9-7-18)30-13-11-23(29)27-24-21(14-26)20-10-12-28(16-22(20)31-24)15-17-4-2-1-3-5-17/h1-9H,10-13,15-16H2,(H,27,29). The lowest BCUT2D eigenvalue weighted by atomic mass is 10.0. The number of benzene rings is 2. The highest BCUT2D eigenvalue weighted by Crippen LogP contribution is 2.37. The smallest absolute Gasteiger partial charge is 0.225 e. The summed E-state index contributed by atoms with van der Waals surface area (Å²) >= 11 is 9.07. The van der Waals surface area contributed by atoms with Crippen molar-refractivity contribution in [3.05, 3.63) is 81.2 Å². The Balaban J connectivity index is 1.35. The molecule has 0 aliphatic carbocycles. The van der Waals surface area contributed by atoms with Gasteiger partial charge < -0.3 is 5.32 Å². The summed E-state index contributed by atoms with van der Waals surface area (Å²) in [5, 5.41) is 14.1. The summed E-state index contributed by atoms with van der Waals surface area (Å²) in [4.78, 5) is 17.1. The Kier molecular flexibility index (Phi) is 7.31.